The Morgan fingerprint density at radius 3 is 2.76 bits per heavy atom. The zero-order chi connectivity index (χ0) is 11.8. The van der Waals surface area contributed by atoms with Gasteiger partial charge in [0.1, 0.15) is 5.82 Å². The van der Waals surface area contributed by atoms with E-state index in [9.17, 15) is 0 Å². The van der Waals surface area contributed by atoms with E-state index in [1.165, 1.54) is 12.8 Å². The Labute approximate surface area is 103 Å². The van der Waals surface area contributed by atoms with Crippen molar-refractivity contribution in [2.75, 3.05) is 0 Å². The lowest BCUT2D eigenvalue weighted by molar-refractivity contribution is 0.485. The molecule has 2 aromatic rings. The molecule has 0 unspecified atom stereocenters. The van der Waals surface area contributed by atoms with Crippen LogP contribution in [0.4, 0.5) is 0 Å². The van der Waals surface area contributed by atoms with E-state index in [4.69, 9.17) is 4.42 Å². The van der Waals surface area contributed by atoms with Gasteiger partial charge in [0.25, 0.3) is 0 Å². The van der Waals surface area contributed by atoms with Crippen LogP contribution in [0.25, 0.3) is 0 Å². The minimum atomic E-state index is 0.595. The summed E-state index contributed by atoms with van der Waals surface area (Å²) in [5, 5.41) is 17.1. The van der Waals surface area contributed by atoms with Crippen molar-refractivity contribution in [3.63, 3.8) is 0 Å². The smallest absolute Gasteiger partial charge is 0.226 e. The fraction of sp³-hybridized carbons (Fsp3) is 0.600. The van der Waals surface area contributed by atoms with Crippen LogP contribution in [0.1, 0.15) is 36.4 Å². The van der Waals surface area contributed by atoms with Gasteiger partial charge in [0.05, 0.1) is 5.75 Å². The van der Waals surface area contributed by atoms with Gasteiger partial charge in [0.15, 0.2) is 5.16 Å². The molecule has 0 spiro atoms. The second-order valence-corrected chi connectivity index (χ2v) is 5.12. The summed E-state index contributed by atoms with van der Waals surface area (Å²) in [5.41, 5.74) is 0. The molecule has 1 fully saturated rings. The van der Waals surface area contributed by atoms with Crippen molar-refractivity contribution in [1.82, 2.24) is 25.0 Å². The van der Waals surface area contributed by atoms with Crippen LogP contribution in [0, 0.1) is 6.92 Å². The van der Waals surface area contributed by atoms with E-state index in [-0.39, 0.29) is 0 Å². The summed E-state index contributed by atoms with van der Waals surface area (Å²) >= 11 is 1.57. The highest BCUT2D eigenvalue weighted by atomic mass is 32.2. The summed E-state index contributed by atoms with van der Waals surface area (Å²) in [6.45, 7) is 1.79. The van der Waals surface area contributed by atoms with E-state index >= 15 is 0 Å². The van der Waals surface area contributed by atoms with Crippen molar-refractivity contribution < 1.29 is 4.42 Å². The number of aryl methyl sites for hydroxylation is 1. The topological polar surface area (TPSA) is 69.6 Å². The molecule has 2 aromatic heterocycles. The molecule has 0 bridgehead atoms. The standard InChI is InChI=1S/C10H13N5OS/c1-6-11-12-8(16-6)5-17-10-14-13-9(15(10)2)7-3-4-7/h7H,3-5H2,1-2H3. The normalized spacial score (nSPS) is 15.4. The maximum absolute atomic E-state index is 5.31. The van der Waals surface area contributed by atoms with Crippen molar-refractivity contribution in [2.45, 2.75) is 36.6 Å². The average Bonchev–Trinajstić information content (AvgIpc) is 2.97. The molecule has 0 saturated heterocycles. The molecule has 0 aliphatic heterocycles. The quantitative estimate of drug-likeness (QED) is 0.770. The second kappa shape index (κ2) is 4.14. The molecular weight excluding hydrogens is 238 g/mol. The number of hydrogen-bond acceptors (Lipinski definition) is 6. The van der Waals surface area contributed by atoms with E-state index in [0.29, 0.717) is 23.5 Å². The average molecular weight is 251 g/mol. The molecule has 17 heavy (non-hydrogen) atoms. The summed E-state index contributed by atoms with van der Waals surface area (Å²) in [4.78, 5) is 0. The Morgan fingerprint density at radius 1 is 1.29 bits per heavy atom. The third kappa shape index (κ3) is 2.19. The Kier molecular flexibility index (Phi) is 2.62. The molecule has 6 nitrogen and oxygen atoms in total. The van der Waals surface area contributed by atoms with Crippen molar-refractivity contribution in [3.8, 4) is 0 Å². The Morgan fingerprint density at radius 2 is 2.12 bits per heavy atom. The van der Waals surface area contributed by atoms with Crippen molar-refractivity contribution in [2.24, 2.45) is 7.05 Å². The first-order valence-electron chi connectivity index (χ1n) is 5.55. The maximum Gasteiger partial charge on any atom is 0.226 e. The fourth-order valence-corrected chi connectivity index (χ4v) is 2.43. The minimum Gasteiger partial charge on any atom is -0.425 e. The summed E-state index contributed by atoms with van der Waals surface area (Å²) < 4.78 is 7.37. The number of rotatable bonds is 4. The van der Waals surface area contributed by atoms with Gasteiger partial charge in [-0.1, -0.05) is 11.8 Å². The van der Waals surface area contributed by atoms with Gasteiger partial charge in [-0.05, 0) is 12.8 Å². The van der Waals surface area contributed by atoms with Gasteiger partial charge in [0, 0.05) is 19.9 Å². The van der Waals surface area contributed by atoms with Crippen molar-refractivity contribution >= 4 is 11.8 Å². The minimum absolute atomic E-state index is 0.595. The predicted octanol–water partition coefficient (Wildman–Crippen LogP) is 1.68. The first kappa shape index (κ1) is 10.8. The Balaban J connectivity index is 1.68. The van der Waals surface area contributed by atoms with E-state index in [0.717, 1.165) is 11.0 Å². The van der Waals surface area contributed by atoms with Crippen LogP contribution in [0.5, 0.6) is 0 Å². The SMILES string of the molecule is Cc1nnc(CSc2nnc(C3CC3)n2C)o1. The second-order valence-electron chi connectivity index (χ2n) is 4.18. The molecule has 0 aromatic carbocycles. The zero-order valence-corrected chi connectivity index (χ0v) is 10.6. The first-order valence-corrected chi connectivity index (χ1v) is 6.53. The zero-order valence-electron chi connectivity index (χ0n) is 9.75. The highest BCUT2D eigenvalue weighted by molar-refractivity contribution is 7.98. The largest absolute Gasteiger partial charge is 0.425 e. The highest BCUT2D eigenvalue weighted by Crippen LogP contribution is 2.39. The lowest BCUT2D eigenvalue weighted by Gasteiger charge is -2.00. The maximum atomic E-state index is 5.31. The number of thioether (sulfide) groups is 1. The molecule has 2 heterocycles. The molecule has 90 valence electrons. The summed E-state index contributed by atoms with van der Waals surface area (Å²) in [5.74, 6) is 3.57. The predicted molar refractivity (Wildman–Crippen MR) is 61.6 cm³/mol. The van der Waals surface area contributed by atoms with E-state index in [2.05, 4.69) is 25.0 Å². The van der Waals surface area contributed by atoms with E-state index < -0.39 is 0 Å². The summed E-state index contributed by atoms with van der Waals surface area (Å²) in [6, 6.07) is 0. The van der Waals surface area contributed by atoms with Crippen LogP contribution < -0.4 is 0 Å². The van der Waals surface area contributed by atoms with Gasteiger partial charge >= 0.3 is 0 Å². The monoisotopic (exact) mass is 251 g/mol. The molecule has 1 aliphatic carbocycles. The Hall–Kier alpha value is -1.37. The van der Waals surface area contributed by atoms with Gasteiger partial charge in [-0.3, -0.25) is 0 Å². The molecular formula is C10H13N5OS. The molecule has 7 heteroatoms. The fourth-order valence-electron chi connectivity index (χ4n) is 1.67. The lowest BCUT2D eigenvalue weighted by Crippen LogP contribution is -1.97. The molecule has 1 saturated carbocycles. The number of nitrogens with zero attached hydrogens (tertiary/aromatic N) is 5. The van der Waals surface area contributed by atoms with Gasteiger partial charge in [-0.15, -0.1) is 20.4 Å². The van der Waals surface area contributed by atoms with E-state index in [1.54, 1.807) is 18.7 Å². The van der Waals surface area contributed by atoms with Crippen LogP contribution in [0.3, 0.4) is 0 Å². The van der Waals surface area contributed by atoms with Crippen LogP contribution in [0.15, 0.2) is 9.57 Å². The molecule has 0 radical (unpaired) electrons. The summed E-state index contributed by atoms with van der Waals surface area (Å²) in [6.07, 6.45) is 2.47. The van der Waals surface area contributed by atoms with Crippen LogP contribution in [-0.2, 0) is 12.8 Å². The number of aromatic nitrogens is 5. The molecule has 3 rings (SSSR count). The third-order valence-corrected chi connectivity index (χ3v) is 3.71. The Bertz CT molecular complexity index is 531. The first-order chi connectivity index (χ1) is 8.24. The van der Waals surface area contributed by atoms with Crippen molar-refractivity contribution in [3.05, 3.63) is 17.6 Å². The summed E-state index contributed by atoms with van der Waals surface area (Å²) in [7, 11) is 2.01. The number of hydrogen-bond donors (Lipinski definition) is 0. The van der Waals surface area contributed by atoms with Crippen molar-refractivity contribution in [1.29, 1.82) is 0 Å². The van der Waals surface area contributed by atoms with E-state index in [1.807, 2.05) is 7.05 Å². The highest BCUT2D eigenvalue weighted by Gasteiger charge is 2.29. The molecule has 0 amide bonds. The lowest BCUT2D eigenvalue weighted by atomic mass is 10.4. The van der Waals surface area contributed by atoms with Gasteiger partial charge < -0.3 is 8.98 Å². The molecule has 0 atom stereocenters. The van der Waals surface area contributed by atoms with Gasteiger partial charge in [0.2, 0.25) is 11.8 Å². The molecule has 1 aliphatic rings. The van der Waals surface area contributed by atoms with Crippen LogP contribution >= 0.6 is 11.8 Å². The molecule has 0 N–H and O–H groups in total. The third-order valence-electron chi connectivity index (χ3n) is 2.70. The van der Waals surface area contributed by atoms with Crippen LogP contribution in [0.2, 0.25) is 0 Å². The van der Waals surface area contributed by atoms with Crippen LogP contribution in [-0.4, -0.2) is 25.0 Å². The van der Waals surface area contributed by atoms with Gasteiger partial charge in [-0.25, -0.2) is 0 Å². The van der Waals surface area contributed by atoms with Gasteiger partial charge in [-0.2, -0.15) is 0 Å².